The van der Waals surface area contributed by atoms with Gasteiger partial charge >= 0.3 is 11.9 Å². The molecule has 0 aromatic heterocycles. The molecule has 25 heavy (non-hydrogen) atoms. The first kappa shape index (κ1) is 17.0. The average Bonchev–Trinajstić information content (AvgIpc) is 2.55. The Morgan fingerprint density at radius 3 is 2.80 bits per heavy atom. The zero-order chi connectivity index (χ0) is 18.1. The number of allylic oxidation sites excluding steroid dienone is 3. The molecule has 0 radical (unpaired) electrons. The quantitative estimate of drug-likeness (QED) is 0.519. The van der Waals surface area contributed by atoms with E-state index in [0.717, 1.165) is 11.1 Å². The van der Waals surface area contributed by atoms with Crippen molar-refractivity contribution in [3.8, 4) is 5.75 Å². The molecule has 5 heteroatoms. The van der Waals surface area contributed by atoms with E-state index in [9.17, 15) is 9.59 Å². The Bertz CT molecular complexity index is 832. The number of hydrogen-bond donors (Lipinski definition) is 1. The van der Waals surface area contributed by atoms with Crippen LogP contribution in [-0.2, 0) is 20.7 Å². The minimum absolute atomic E-state index is 0.272. The predicted octanol–water partition coefficient (Wildman–Crippen LogP) is 3.13. The van der Waals surface area contributed by atoms with Crippen molar-refractivity contribution in [1.82, 2.24) is 5.32 Å². The molecule has 5 nitrogen and oxygen atoms in total. The smallest absolute Gasteiger partial charge is 0.342 e. The van der Waals surface area contributed by atoms with Crippen molar-refractivity contribution in [2.45, 2.75) is 33.1 Å². The maximum atomic E-state index is 12.7. The molecule has 0 amide bonds. The van der Waals surface area contributed by atoms with Crippen LogP contribution in [0.1, 0.15) is 37.8 Å². The summed E-state index contributed by atoms with van der Waals surface area (Å²) in [7, 11) is 0. The molecule has 0 bridgehead atoms. The third-order valence-electron chi connectivity index (χ3n) is 4.47. The van der Waals surface area contributed by atoms with Gasteiger partial charge in [-0.1, -0.05) is 24.3 Å². The molecule has 1 atom stereocenters. The molecule has 0 saturated heterocycles. The number of nitrogens with one attached hydrogen (secondary N) is 1. The monoisotopic (exact) mass is 339 g/mol. The minimum atomic E-state index is -0.485. The summed E-state index contributed by atoms with van der Waals surface area (Å²) in [6.07, 6.45) is 2.34. The van der Waals surface area contributed by atoms with E-state index < -0.39 is 17.9 Å². The molecule has 2 heterocycles. The van der Waals surface area contributed by atoms with E-state index in [2.05, 4.69) is 11.9 Å². The van der Waals surface area contributed by atoms with E-state index in [-0.39, 0.29) is 6.61 Å². The normalized spacial score (nSPS) is 18.8. The Hall–Kier alpha value is -2.82. The van der Waals surface area contributed by atoms with Gasteiger partial charge in [-0.05, 0) is 32.8 Å². The van der Waals surface area contributed by atoms with Crippen molar-refractivity contribution in [2.24, 2.45) is 0 Å². The first-order valence-electron chi connectivity index (χ1n) is 8.30. The SMILES string of the molecule is C=CCc1cccc2c1OC(=O)C1=C(C)NC(C)=C(C(=O)OCC)C12. The van der Waals surface area contributed by atoms with Crippen molar-refractivity contribution in [3.05, 3.63) is 64.5 Å². The van der Waals surface area contributed by atoms with Crippen molar-refractivity contribution >= 4 is 11.9 Å². The van der Waals surface area contributed by atoms with Crippen LogP contribution in [-0.4, -0.2) is 18.5 Å². The molecule has 1 aromatic rings. The standard InChI is InChI=1S/C20H21NO4/c1-5-8-13-9-7-10-14-17-15(19(22)24-6-2)11(3)21-12(4)16(17)20(23)25-18(13)14/h5,7,9-10,17,21H,1,6,8H2,2-4H3. The van der Waals surface area contributed by atoms with Gasteiger partial charge in [0.1, 0.15) is 5.75 Å². The Balaban J connectivity index is 2.23. The molecule has 1 unspecified atom stereocenters. The van der Waals surface area contributed by atoms with Crippen LogP contribution in [0.5, 0.6) is 5.75 Å². The summed E-state index contributed by atoms with van der Waals surface area (Å²) >= 11 is 0. The highest BCUT2D eigenvalue weighted by Gasteiger charge is 2.43. The second-order valence-electron chi connectivity index (χ2n) is 6.07. The zero-order valence-electron chi connectivity index (χ0n) is 14.6. The van der Waals surface area contributed by atoms with Gasteiger partial charge in [0, 0.05) is 17.0 Å². The molecular formula is C20H21NO4. The van der Waals surface area contributed by atoms with Gasteiger partial charge in [0.25, 0.3) is 0 Å². The third-order valence-corrected chi connectivity index (χ3v) is 4.47. The lowest BCUT2D eigenvalue weighted by atomic mass is 9.78. The summed E-state index contributed by atoms with van der Waals surface area (Å²) in [4.78, 5) is 25.3. The van der Waals surface area contributed by atoms with Crippen molar-refractivity contribution < 1.29 is 19.1 Å². The number of para-hydroxylation sites is 1. The van der Waals surface area contributed by atoms with Crippen LogP contribution in [0.25, 0.3) is 0 Å². The molecular weight excluding hydrogens is 318 g/mol. The molecule has 0 spiro atoms. The Morgan fingerprint density at radius 2 is 2.12 bits per heavy atom. The second-order valence-corrected chi connectivity index (χ2v) is 6.07. The molecule has 3 rings (SSSR count). The van der Waals surface area contributed by atoms with Crippen LogP contribution in [0.15, 0.2) is 53.4 Å². The number of carbonyl (C=O) groups is 2. The Kier molecular flexibility index (Phi) is 4.49. The molecule has 0 fully saturated rings. The summed E-state index contributed by atoms with van der Waals surface area (Å²) in [6, 6.07) is 5.70. The molecule has 0 saturated carbocycles. The van der Waals surface area contributed by atoms with Gasteiger partial charge in [0.2, 0.25) is 0 Å². The summed E-state index contributed by atoms with van der Waals surface area (Å²) in [6.45, 7) is 9.42. The maximum Gasteiger partial charge on any atom is 0.342 e. The van der Waals surface area contributed by atoms with Gasteiger partial charge in [-0.3, -0.25) is 0 Å². The van der Waals surface area contributed by atoms with Crippen molar-refractivity contribution in [1.29, 1.82) is 0 Å². The highest BCUT2D eigenvalue weighted by molar-refractivity contribution is 6.02. The van der Waals surface area contributed by atoms with Crippen LogP contribution < -0.4 is 10.1 Å². The summed E-state index contributed by atoms with van der Waals surface area (Å²) < 4.78 is 10.9. The fourth-order valence-electron chi connectivity index (χ4n) is 3.48. The number of benzene rings is 1. The molecule has 1 N–H and O–H groups in total. The van der Waals surface area contributed by atoms with Crippen LogP contribution in [0.4, 0.5) is 0 Å². The van der Waals surface area contributed by atoms with Gasteiger partial charge in [-0.2, -0.15) is 0 Å². The van der Waals surface area contributed by atoms with Crippen molar-refractivity contribution in [2.75, 3.05) is 6.61 Å². The fraction of sp³-hybridized carbons (Fsp3) is 0.300. The van der Waals surface area contributed by atoms with E-state index in [4.69, 9.17) is 9.47 Å². The maximum absolute atomic E-state index is 12.7. The highest BCUT2D eigenvalue weighted by atomic mass is 16.5. The molecule has 1 aromatic carbocycles. The van der Waals surface area contributed by atoms with Crippen LogP contribution in [0, 0.1) is 0 Å². The van der Waals surface area contributed by atoms with Crippen LogP contribution in [0.3, 0.4) is 0 Å². The number of carbonyl (C=O) groups excluding carboxylic acids is 2. The number of esters is 2. The first-order valence-corrected chi connectivity index (χ1v) is 8.30. The fourth-order valence-corrected chi connectivity index (χ4v) is 3.48. The first-order chi connectivity index (χ1) is 12.0. The minimum Gasteiger partial charge on any atom is -0.463 e. The largest absolute Gasteiger partial charge is 0.463 e. The van der Waals surface area contributed by atoms with E-state index in [1.54, 1.807) is 13.0 Å². The van der Waals surface area contributed by atoms with E-state index in [0.29, 0.717) is 34.7 Å². The van der Waals surface area contributed by atoms with Gasteiger partial charge in [0.05, 0.1) is 23.7 Å². The van der Waals surface area contributed by atoms with Gasteiger partial charge < -0.3 is 14.8 Å². The number of ether oxygens (including phenoxy) is 2. The number of hydrogen-bond acceptors (Lipinski definition) is 5. The van der Waals surface area contributed by atoms with Crippen molar-refractivity contribution in [3.63, 3.8) is 0 Å². The molecule has 2 aliphatic rings. The van der Waals surface area contributed by atoms with E-state index in [1.165, 1.54) is 0 Å². The van der Waals surface area contributed by atoms with E-state index >= 15 is 0 Å². The van der Waals surface area contributed by atoms with Gasteiger partial charge in [-0.25, -0.2) is 9.59 Å². The van der Waals surface area contributed by atoms with Gasteiger partial charge in [-0.15, -0.1) is 6.58 Å². The summed E-state index contributed by atoms with van der Waals surface area (Å²) in [5.41, 5.74) is 3.97. The molecule has 2 aliphatic heterocycles. The van der Waals surface area contributed by atoms with Gasteiger partial charge in [0.15, 0.2) is 0 Å². The topological polar surface area (TPSA) is 64.6 Å². The zero-order valence-corrected chi connectivity index (χ0v) is 14.6. The lowest BCUT2D eigenvalue weighted by Gasteiger charge is -2.34. The number of fused-ring (bicyclic) bond motifs is 3. The van der Waals surface area contributed by atoms with Crippen LogP contribution >= 0.6 is 0 Å². The highest BCUT2D eigenvalue weighted by Crippen LogP contribution is 2.47. The van der Waals surface area contributed by atoms with E-state index in [1.807, 2.05) is 32.0 Å². The second kappa shape index (κ2) is 6.59. The average molecular weight is 339 g/mol. The summed E-state index contributed by atoms with van der Waals surface area (Å²) in [5, 5.41) is 3.11. The molecule has 0 aliphatic carbocycles. The Morgan fingerprint density at radius 1 is 1.36 bits per heavy atom. The lowest BCUT2D eigenvalue weighted by molar-refractivity contribution is -0.139. The lowest BCUT2D eigenvalue weighted by Crippen LogP contribution is -2.36. The number of rotatable bonds is 4. The molecule has 130 valence electrons. The summed E-state index contributed by atoms with van der Waals surface area (Å²) in [5.74, 6) is -0.822. The predicted molar refractivity (Wildman–Crippen MR) is 93.9 cm³/mol. The third kappa shape index (κ3) is 2.76. The Labute approximate surface area is 147 Å². The van der Waals surface area contributed by atoms with Crippen LogP contribution in [0.2, 0.25) is 0 Å². The number of dihydropyridines is 1.